The number of ether oxygens (including phenoxy) is 1. The maximum atomic E-state index is 12.6. The van der Waals surface area contributed by atoms with Crippen LogP contribution in [0.1, 0.15) is 69.0 Å². The van der Waals surface area contributed by atoms with Gasteiger partial charge >= 0.3 is 6.09 Å². The van der Waals surface area contributed by atoms with E-state index in [2.05, 4.69) is 25.0 Å². The second-order valence-corrected chi connectivity index (χ2v) is 11.8. The summed E-state index contributed by atoms with van der Waals surface area (Å²) in [5.41, 5.74) is 1.05. The first-order valence-electron chi connectivity index (χ1n) is 11.8. The number of sulfonamides is 1. The number of hydrogen-bond acceptors (Lipinski definition) is 8. The van der Waals surface area contributed by atoms with Crippen LogP contribution in [-0.2, 0) is 21.3 Å². The van der Waals surface area contributed by atoms with Gasteiger partial charge in [-0.25, -0.2) is 27.9 Å². The van der Waals surface area contributed by atoms with Crippen LogP contribution < -0.4 is 10.0 Å². The zero-order valence-electron chi connectivity index (χ0n) is 21.5. The Morgan fingerprint density at radius 3 is 2.54 bits per heavy atom. The molecular formula is C24H31ClN6O5S. The number of aryl methyl sites for hydroxylation is 1. The summed E-state index contributed by atoms with van der Waals surface area (Å²) in [5.74, 6) is -0.340. The molecule has 200 valence electrons. The fourth-order valence-corrected chi connectivity index (χ4v) is 4.74. The van der Waals surface area contributed by atoms with Crippen LogP contribution in [0.5, 0.6) is 0 Å². The van der Waals surface area contributed by atoms with Crippen molar-refractivity contribution in [1.29, 1.82) is 0 Å². The predicted molar refractivity (Wildman–Crippen MR) is 141 cm³/mol. The Kier molecular flexibility index (Phi) is 8.75. The molecule has 0 saturated carbocycles. The van der Waals surface area contributed by atoms with Crippen LogP contribution in [0.2, 0.25) is 5.02 Å². The molecule has 37 heavy (non-hydrogen) atoms. The maximum Gasteiger partial charge on any atom is 0.412 e. The average Bonchev–Trinajstić information content (AvgIpc) is 3.08. The highest BCUT2D eigenvalue weighted by atomic mass is 35.5. The van der Waals surface area contributed by atoms with E-state index < -0.39 is 27.6 Å². The Morgan fingerprint density at radius 1 is 1.16 bits per heavy atom. The summed E-state index contributed by atoms with van der Waals surface area (Å²) in [6.07, 6.45) is 2.92. The number of halogens is 1. The molecule has 0 atom stereocenters. The maximum absolute atomic E-state index is 12.6. The highest BCUT2D eigenvalue weighted by Gasteiger charge is 2.20. The van der Waals surface area contributed by atoms with Gasteiger partial charge in [-0.05, 0) is 52.3 Å². The molecule has 0 spiro atoms. The van der Waals surface area contributed by atoms with Gasteiger partial charge in [-0.2, -0.15) is 0 Å². The van der Waals surface area contributed by atoms with E-state index in [-0.39, 0.29) is 18.0 Å². The number of carbonyl (C=O) groups is 2. The largest absolute Gasteiger partial charge is 0.444 e. The molecule has 0 bridgehead atoms. The Labute approximate surface area is 221 Å². The quantitative estimate of drug-likeness (QED) is 0.372. The van der Waals surface area contributed by atoms with Crippen LogP contribution in [0, 0.1) is 6.92 Å². The summed E-state index contributed by atoms with van der Waals surface area (Å²) in [6.45, 7) is 9.19. The molecule has 0 aliphatic carbocycles. The number of anilines is 1. The van der Waals surface area contributed by atoms with E-state index in [4.69, 9.17) is 16.3 Å². The number of amides is 2. The van der Waals surface area contributed by atoms with Crippen molar-refractivity contribution in [3.05, 3.63) is 46.6 Å². The topological polar surface area (TPSA) is 145 Å². The zero-order valence-corrected chi connectivity index (χ0v) is 23.0. The van der Waals surface area contributed by atoms with Gasteiger partial charge in [-0.1, -0.05) is 31.4 Å². The number of imidazole rings is 1. The lowest BCUT2D eigenvalue weighted by Gasteiger charge is -2.19. The van der Waals surface area contributed by atoms with Gasteiger partial charge in [-0.15, -0.1) is 0 Å². The normalized spacial score (nSPS) is 11.9. The summed E-state index contributed by atoms with van der Waals surface area (Å²) in [4.78, 5) is 37.8. The molecule has 13 heteroatoms. The number of unbranched alkanes of at least 4 members (excludes halogenated alkanes) is 2. The summed E-state index contributed by atoms with van der Waals surface area (Å²) in [6, 6.07) is 4.59. The van der Waals surface area contributed by atoms with Crippen molar-refractivity contribution in [2.45, 2.75) is 66.0 Å². The number of nitrogens with zero attached hydrogens (tertiary/aromatic N) is 4. The first-order valence-corrected chi connectivity index (χ1v) is 13.8. The molecule has 3 aromatic heterocycles. The number of nitrogens with one attached hydrogen (secondary N) is 2. The Bertz CT molecular complexity index is 1410. The molecule has 3 heterocycles. The number of hydrogen-bond donors (Lipinski definition) is 2. The minimum absolute atomic E-state index is 0.0521. The molecule has 2 amide bonds. The van der Waals surface area contributed by atoms with Gasteiger partial charge in [0, 0.05) is 0 Å². The van der Waals surface area contributed by atoms with Crippen LogP contribution in [-0.4, -0.2) is 51.3 Å². The molecule has 0 saturated heterocycles. The van der Waals surface area contributed by atoms with Gasteiger partial charge in [0.05, 0.1) is 34.9 Å². The Morgan fingerprint density at radius 2 is 1.89 bits per heavy atom. The third-order valence-electron chi connectivity index (χ3n) is 5.15. The number of rotatable bonds is 9. The highest BCUT2D eigenvalue weighted by Crippen LogP contribution is 2.23. The first kappa shape index (κ1) is 28.3. The van der Waals surface area contributed by atoms with E-state index in [1.165, 1.54) is 12.3 Å². The lowest BCUT2D eigenvalue weighted by atomic mass is 10.2. The molecule has 3 aromatic rings. The number of fused-ring (bicyclic) bond motifs is 1. The van der Waals surface area contributed by atoms with Gasteiger partial charge in [0.15, 0.2) is 5.65 Å². The molecule has 0 radical (unpaired) electrons. The Hall–Kier alpha value is -3.25. The molecule has 0 aliphatic rings. The van der Waals surface area contributed by atoms with E-state index in [0.717, 1.165) is 12.8 Å². The van der Waals surface area contributed by atoms with Crippen LogP contribution >= 0.6 is 11.6 Å². The van der Waals surface area contributed by atoms with Crippen LogP contribution in [0.3, 0.4) is 0 Å². The van der Waals surface area contributed by atoms with Crippen molar-refractivity contribution in [2.75, 3.05) is 11.1 Å². The van der Waals surface area contributed by atoms with E-state index in [9.17, 15) is 18.0 Å². The second-order valence-electron chi connectivity index (χ2n) is 9.52. The smallest absolute Gasteiger partial charge is 0.412 e. The summed E-state index contributed by atoms with van der Waals surface area (Å²) >= 11 is 6.43. The third kappa shape index (κ3) is 7.86. The molecule has 2 N–H and O–H groups in total. The fraction of sp³-hybridized carbons (Fsp3) is 0.458. The summed E-state index contributed by atoms with van der Waals surface area (Å²) in [7, 11) is -3.76. The molecule has 0 aromatic carbocycles. The van der Waals surface area contributed by atoms with Crippen LogP contribution in [0.15, 0.2) is 24.4 Å². The molecule has 0 fully saturated rings. The lowest BCUT2D eigenvalue weighted by molar-refractivity contribution is 0.0635. The SMILES string of the molecule is CCCCCS(=O)(=O)NC(=O)c1ccc2nc(C)n(Cc3ncc(NC(=O)OC(C)(C)C)cc3Cl)c2n1. The van der Waals surface area contributed by atoms with Gasteiger partial charge < -0.3 is 9.30 Å². The number of carbonyl (C=O) groups excluding carboxylic acids is 2. The van der Waals surface area contributed by atoms with E-state index in [1.54, 1.807) is 44.4 Å². The van der Waals surface area contributed by atoms with Crippen LogP contribution in [0.4, 0.5) is 10.5 Å². The second kappa shape index (κ2) is 11.4. The van der Waals surface area contributed by atoms with Crippen molar-refractivity contribution in [1.82, 2.24) is 24.2 Å². The van der Waals surface area contributed by atoms with Gasteiger partial charge in [0.1, 0.15) is 22.6 Å². The van der Waals surface area contributed by atoms with Crippen LogP contribution in [0.25, 0.3) is 11.2 Å². The third-order valence-corrected chi connectivity index (χ3v) is 6.80. The monoisotopic (exact) mass is 550 g/mol. The van der Waals surface area contributed by atoms with Gasteiger partial charge in [0.2, 0.25) is 10.0 Å². The van der Waals surface area contributed by atoms with Crippen molar-refractivity contribution in [3.8, 4) is 0 Å². The zero-order chi connectivity index (χ0) is 27.4. The molecule has 3 rings (SSSR count). The van der Waals surface area contributed by atoms with Gasteiger partial charge in [-0.3, -0.25) is 15.1 Å². The van der Waals surface area contributed by atoms with E-state index >= 15 is 0 Å². The molecule has 0 unspecified atom stereocenters. The molecular weight excluding hydrogens is 520 g/mol. The average molecular weight is 551 g/mol. The van der Waals surface area contributed by atoms with E-state index in [1.807, 2.05) is 6.92 Å². The minimum Gasteiger partial charge on any atom is -0.444 e. The number of pyridine rings is 2. The highest BCUT2D eigenvalue weighted by molar-refractivity contribution is 7.90. The summed E-state index contributed by atoms with van der Waals surface area (Å²) in [5, 5.41) is 2.88. The van der Waals surface area contributed by atoms with Crippen molar-refractivity contribution < 1.29 is 22.7 Å². The molecule has 0 aliphatic heterocycles. The van der Waals surface area contributed by atoms with Crippen molar-refractivity contribution in [2.24, 2.45) is 0 Å². The van der Waals surface area contributed by atoms with Crippen molar-refractivity contribution >= 4 is 50.5 Å². The minimum atomic E-state index is -3.76. The number of aromatic nitrogens is 4. The lowest BCUT2D eigenvalue weighted by Crippen LogP contribution is -2.33. The predicted octanol–water partition coefficient (Wildman–Crippen LogP) is 4.43. The fourth-order valence-electron chi connectivity index (χ4n) is 3.44. The van der Waals surface area contributed by atoms with Gasteiger partial charge in [0.25, 0.3) is 5.91 Å². The molecule has 11 nitrogen and oxygen atoms in total. The summed E-state index contributed by atoms with van der Waals surface area (Å²) < 4.78 is 33.5. The van der Waals surface area contributed by atoms with E-state index in [0.29, 0.717) is 39.8 Å². The standard InChI is InChI=1S/C24H31ClN6O5S/c1-6-7-8-11-37(34,35)30-22(32)19-10-9-18-21(29-19)31(15(2)27-18)14-20-17(25)12-16(13-26-20)28-23(33)36-24(3,4)5/h9-10,12-13H,6-8,11,14H2,1-5H3,(H,28,33)(H,30,32). The first-order chi connectivity index (χ1) is 17.3. The van der Waals surface area contributed by atoms with Crippen molar-refractivity contribution in [3.63, 3.8) is 0 Å². The Balaban J connectivity index is 1.80.